The molecule has 17 heavy (non-hydrogen) atoms. The molecule has 0 aliphatic carbocycles. The summed E-state index contributed by atoms with van der Waals surface area (Å²) in [5.41, 5.74) is 0. The first-order valence-corrected chi connectivity index (χ1v) is 7.19. The smallest absolute Gasteiger partial charge is 0.0678 e. The SMILES string of the molecule is CCCC(NC)C(CC)N1CC(C)OC(C)C1. The highest BCUT2D eigenvalue weighted by molar-refractivity contribution is 4.86. The maximum absolute atomic E-state index is 5.82. The predicted molar refractivity (Wildman–Crippen MR) is 73.4 cm³/mol. The summed E-state index contributed by atoms with van der Waals surface area (Å²) < 4.78 is 5.82. The van der Waals surface area contributed by atoms with E-state index in [0.29, 0.717) is 24.3 Å². The van der Waals surface area contributed by atoms with Crippen molar-refractivity contribution in [1.82, 2.24) is 10.2 Å². The molecule has 3 heteroatoms. The van der Waals surface area contributed by atoms with Gasteiger partial charge in [0.2, 0.25) is 0 Å². The maximum Gasteiger partial charge on any atom is 0.0678 e. The lowest BCUT2D eigenvalue weighted by molar-refractivity contribution is -0.0848. The number of ether oxygens (including phenoxy) is 1. The number of morpholine rings is 1. The molecule has 0 radical (unpaired) electrons. The first-order valence-electron chi connectivity index (χ1n) is 7.19. The second-order valence-corrected chi connectivity index (χ2v) is 5.37. The molecule has 1 saturated heterocycles. The van der Waals surface area contributed by atoms with Gasteiger partial charge in [-0.05, 0) is 33.7 Å². The van der Waals surface area contributed by atoms with E-state index in [1.807, 2.05) is 0 Å². The Hall–Kier alpha value is -0.120. The summed E-state index contributed by atoms with van der Waals surface area (Å²) in [6, 6.07) is 1.26. The Kier molecular flexibility index (Phi) is 6.45. The molecule has 0 saturated carbocycles. The first-order chi connectivity index (χ1) is 8.12. The number of likely N-dealkylation sites (N-methyl/N-ethyl adjacent to an activating group) is 1. The van der Waals surface area contributed by atoms with Crippen LogP contribution in [-0.2, 0) is 4.74 Å². The van der Waals surface area contributed by atoms with E-state index in [9.17, 15) is 0 Å². The third kappa shape index (κ3) is 4.23. The van der Waals surface area contributed by atoms with E-state index in [-0.39, 0.29) is 0 Å². The lowest BCUT2D eigenvalue weighted by atomic mass is 9.98. The fourth-order valence-corrected chi connectivity index (χ4v) is 3.13. The summed E-state index contributed by atoms with van der Waals surface area (Å²) in [6.07, 6.45) is 4.45. The zero-order valence-corrected chi connectivity index (χ0v) is 12.2. The van der Waals surface area contributed by atoms with Gasteiger partial charge in [0.05, 0.1) is 12.2 Å². The van der Waals surface area contributed by atoms with Crippen LogP contribution < -0.4 is 5.32 Å². The Morgan fingerprint density at radius 3 is 2.24 bits per heavy atom. The Morgan fingerprint density at radius 1 is 1.24 bits per heavy atom. The molecular formula is C14H30N2O. The van der Waals surface area contributed by atoms with Gasteiger partial charge in [-0.25, -0.2) is 0 Å². The molecule has 4 atom stereocenters. The number of hydrogen-bond donors (Lipinski definition) is 1. The topological polar surface area (TPSA) is 24.5 Å². The summed E-state index contributed by atoms with van der Waals surface area (Å²) in [6.45, 7) is 11.1. The highest BCUT2D eigenvalue weighted by Crippen LogP contribution is 2.19. The molecule has 1 aliphatic rings. The van der Waals surface area contributed by atoms with Crippen LogP contribution in [0, 0.1) is 0 Å². The minimum Gasteiger partial charge on any atom is -0.373 e. The molecule has 0 bridgehead atoms. The standard InChI is InChI=1S/C14H30N2O/c1-6-8-13(15-5)14(7-2)16-9-11(3)17-12(4)10-16/h11-15H,6-10H2,1-5H3. The third-order valence-electron chi connectivity index (χ3n) is 3.77. The van der Waals surface area contributed by atoms with Crippen molar-refractivity contribution in [3.8, 4) is 0 Å². The zero-order valence-electron chi connectivity index (χ0n) is 12.2. The normalized spacial score (nSPS) is 30.2. The fourth-order valence-electron chi connectivity index (χ4n) is 3.13. The first kappa shape index (κ1) is 14.9. The minimum atomic E-state index is 0.368. The van der Waals surface area contributed by atoms with Crippen molar-refractivity contribution in [2.75, 3.05) is 20.1 Å². The van der Waals surface area contributed by atoms with Crippen LogP contribution in [0.4, 0.5) is 0 Å². The number of hydrogen-bond acceptors (Lipinski definition) is 3. The van der Waals surface area contributed by atoms with Crippen molar-refractivity contribution in [1.29, 1.82) is 0 Å². The van der Waals surface area contributed by atoms with Gasteiger partial charge in [-0.2, -0.15) is 0 Å². The van der Waals surface area contributed by atoms with Gasteiger partial charge in [0.15, 0.2) is 0 Å². The van der Waals surface area contributed by atoms with E-state index in [4.69, 9.17) is 4.74 Å². The molecule has 1 aliphatic heterocycles. The van der Waals surface area contributed by atoms with Crippen LogP contribution in [0.2, 0.25) is 0 Å². The molecule has 3 nitrogen and oxygen atoms in total. The van der Waals surface area contributed by atoms with Crippen LogP contribution in [0.5, 0.6) is 0 Å². The van der Waals surface area contributed by atoms with Gasteiger partial charge >= 0.3 is 0 Å². The molecule has 1 fully saturated rings. The van der Waals surface area contributed by atoms with Gasteiger partial charge in [-0.15, -0.1) is 0 Å². The van der Waals surface area contributed by atoms with E-state index >= 15 is 0 Å². The summed E-state index contributed by atoms with van der Waals surface area (Å²) in [4.78, 5) is 2.62. The van der Waals surface area contributed by atoms with Crippen molar-refractivity contribution in [2.24, 2.45) is 0 Å². The number of nitrogens with one attached hydrogen (secondary N) is 1. The molecule has 102 valence electrons. The Balaban J connectivity index is 2.64. The number of rotatable bonds is 6. The minimum absolute atomic E-state index is 0.368. The van der Waals surface area contributed by atoms with Crippen molar-refractivity contribution >= 4 is 0 Å². The van der Waals surface area contributed by atoms with Gasteiger partial charge in [0.1, 0.15) is 0 Å². The molecule has 4 unspecified atom stereocenters. The molecule has 0 aromatic rings. The maximum atomic E-state index is 5.82. The average molecular weight is 242 g/mol. The van der Waals surface area contributed by atoms with Gasteiger partial charge in [0, 0.05) is 25.2 Å². The van der Waals surface area contributed by atoms with Gasteiger partial charge in [-0.3, -0.25) is 4.90 Å². The Morgan fingerprint density at radius 2 is 1.82 bits per heavy atom. The quantitative estimate of drug-likeness (QED) is 0.773. The van der Waals surface area contributed by atoms with Gasteiger partial charge in [0.25, 0.3) is 0 Å². The van der Waals surface area contributed by atoms with E-state index < -0.39 is 0 Å². The lowest BCUT2D eigenvalue weighted by Crippen LogP contribution is -2.56. The zero-order chi connectivity index (χ0) is 12.8. The lowest BCUT2D eigenvalue weighted by Gasteiger charge is -2.43. The van der Waals surface area contributed by atoms with Gasteiger partial charge in [-0.1, -0.05) is 20.3 Å². The molecule has 1 rings (SSSR count). The largest absolute Gasteiger partial charge is 0.373 e. The highest BCUT2D eigenvalue weighted by atomic mass is 16.5. The summed E-state index contributed by atoms with van der Waals surface area (Å²) >= 11 is 0. The summed E-state index contributed by atoms with van der Waals surface area (Å²) in [5, 5.41) is 3.50. The molecule has 0 amide bonds. The van der Waals surface area contributed by atoms with E-state index in [1.165, 1.54) is 19.3 Å². The summed E-state index contributed by atoms with van der Waals surface area (Å²) in [7, 11) is 2.09. The van der Waals surface area contributed by atoms with E-state index in [1.54, 1.807) is 0 Å². The van der Waals surface area contributed by atoms with Crippen LogP contribution in [0.3, 0.4) is 0 Å². The Bertz CT molecular complexity index is 200. The van der Waals surface area contributed by atoms with Crippen LogP contribution in [0.15, 0.2) is 0 Å². The van der Waals surface area contributed by atoms with E-state index in [0.717, 1.165) is 13.1 Å². The van der Waals surface area contributed by atoms with Crippen LogP contribution in [-0.4, -0.2) is 49.3 Å². The van der Waals surface area contributed by atoms with Gasteiger partial charge < -0.3 is 10.1 Å². The van der Waals surface area contributed by atoms with Crippen LogP contribution in [0.1, 0.15) is 47.0 Å². The van der Waals surface area contributed by atoms with E-state index in [2.05, 4.69) is 45.0 Å². The van der Waals surface area contributed by atoms with Crippen molar-refractivity contribution < 1.29 is 4.74 Å². The second kappa shape index (κ2) is 7.34. The average Bonchev–Trinajstić information content (AvgIpc) is 2.27. The van der Waals surface area contributed by atoms with Crippen LogP contribution >= 0.6 is 0 Å². The molecular weight excluding hydrogens is 212 g/mol. The van der Waals surface area contributed by atoms with Crippen molar-refractivity contribution in [2.45, 2.75) is 71.2 Å². The predicted octanol–water partition coefficient (Wildman–Crippen LogP) is 2.26. The molecule has 1 N–H and O–H groups in total. The van der Waals surface area contributed by atoms with Crippen LogP contribution in [0.25, 0.3) is 0 Å². The van der Waals surface area contributed by atoms with Crippen molar-refractivity contribution in [3.63, 3.8) is 0 Å². The highest BCUT2D eigenvalue weighted by Gasteiger charge is 2.30. The number of nitrogens with zero attached hydrogens (tertiary/aromatic N) is 1. The fraction of sp³-hybridized carbons (Fsp3) is 1.00. The third-order valence-corrected chi connectivity index (χ3v) is 3.77. The molecule has 0 spiro atoms. The molecule has 0 aromatic carbocycles. The summed E-state index contributed by atoms with van der Waals surface area (Å²) in [5.74, 6) is 0. The molecule has 1 heterocycles. The monoisotopic (exact) mass is 242 g/mol. The molecule has 0 aromatic heterocycles. The Labute approximate surface area is 107 Å². The second-order valence-electron chi connectivity index (χ2n) is 5.37. The van der Waals surface area contributed by atoms with Crippen molar-refractivity contribution in [3.05, 3.63) is 0 Å².